The highest BCUT2D eigenvalue weighted by atomic mass is 16.1. The number of carbonyl (C=O) groups is 1. The van der Waals surface area contributed by atoms with Gasteiger partial charge in [0.05, 0.1) is 0 Å². The second-order valence-corrected chi connectivity index (χ2v) is 5.11. The van der Waals surface area contributed by atoms with Gasteiger partial charge in [0.1, 0.15) is 6.17 Å². The first-order valence-corrected chi connectivity index (χ1v) is 6.58. The third-order valence-corrected chi connectivity index (χ3v) is 3.16. The molecule has 100 valence electrons. The van der Waals surface area contributed by atoms with Crippen molar-refractivity contribution in [1.82, 2.24) is 10.6 Å². The molecule has 0 bridgehead atoms. The van der Waals surface area contributed by atoms with E-state index in [2.05, 4.69) is 24.5 Å². The van der Waals surface area contributed by atoms with Crippen LogP contribution in [0.4, 0.5) is 0 Å². The minimum atomic E-state index is -0.137. The molecule has 19 heavy (non-hydrogen) atoms. The number of amides is 1. The summed E-state index contributed by atoms with van der Waals surface area (Å²) in [7, 11) is 0. The third-order valence-electron chi connectivity index (χ3n) is 3.16. The lowest BCUT2D eigenvalue weighted by Gasteiger charge is -2.21. The van der Waals surface area contributed by atoms with Gasteiger partial charge < -0.3 is 10.6 Å². The fourth-order valence-electron chi connectivity index (χ4n) is 1.98. The molecule has 1 unspecified atom stereocenters. The summed E-state index contributed by atoms with van der Waals surface area (Å²) in [6.07, 6.45) is 5.70. The summed E-state index contributed by atoms with van der Waals surface area (Å²) in [4.78, 5) is 12.1. The van der Waals surface area contributed by atoms with Crippen LogP contribution in [0.5, 0.6) is 0 Å². The van der Waals surface area contributed by atoms with E-state index in [-0.39, 0.29) is 12.1 Å². The topological polar surface area (TPSA) is 41.1 Å². The van der Waals surface area contributed by atoms with Crippen molar-refractivity contribution in [2.45, 2.75) is 32.9 Å². The molecule has 2 rings (SSSR count). The maximum atomic E-state index is 12.1. The molecule has 0 saturated heterocycles. The number of rotatable bonds is 3. The highest BCUT2D eigenvalue weighted by Crippen LogP contribution is 2.14. The summed E-state index contributed by atoms with van der Waals surface area (Å²) in [6, 6.07) is 7.77. The molecule has 0 radical (unpaired) electrons. The molecule has 1 aliphatic rings. The van der Waals surface area contributed by atoms with E-state index in [4.69, 9.17) is 0 Å². The van der Waals surface area contributed by atoms with Gasteiger partial charge in [-0.2, -0.15) is 0 Å². The van der Waals surface area contributed by atoms with Crippen molar-refractivity contribution in [2.75, 3.05) is 0 Å². The standard InChI is InChI=1S/C16H20N2O/c1-11(2)13-7-9-14(10-8-13)16(19)18-15-6-4-5-12(3)17-15/h4-11,15,17H,1-3H3,(H,18,19). The van der Waals surface area contributed by atoms with E-state index in [9.17, 15) is 4.79 Å². The van der Waals surface area contributed by atoms with Crippen LogP contribution >= 0.6 is 0 Å². The van der Waals surface area contributed by atoms with Crippen molar-refractivity contribution >= 4 is 5.91 Å². The lowest BCUT2D eigenvalue weighted by Crippen LogP contribution is -2.44. The van der Waals surface area contributed by atoms with E-state index < -0.39 is 0 Å². The predicted octanol–water partition coefficient (Wildman–Crippen LogP) is 2.93. The Morgan fingerprint density at radius 1 is 1.26 bits per heavy atom. The van der Waals surface area contributed by atoms with Crippen LogP contribution in [0.2, 0.25) is 0 Å². The number of benzene rings is 1. The summed E-state index contributed by atoms with van der Waals surface area (Å²) in [6.45, 7) is 6.25. The Morgan fingerprint density at radius 2 is 1.95 bits per heavy atom. The van der Waals surface area contributed by atoms with Crippen LogP contribution < -0.4 is 10.6 Å². The van der Waals surface area contributed by atoms with Gasteiger partial charge in [-0.1, -0.05) is 32.1 Å². The zero-order chi connectivity index (χ0) is 13.8. The first-order chi connectivity index (χ1) is 9.06. The fourth-order valence-corrected chi connectivity index (χ4v) is 1.98. The monoisotopic (exact) mass is 256 g/mol. The SMILES string of the molecule is CC1=CC=CC(NC(=O)c2ccc(C(C)C)cc2)N1. The minimum Gasteiger partial charge on any atom is -0.366 e. The normalized spacial score (nSPS) is 17.9. The van der Waals surface area contributed by atoms with Crippen LogP contribution in [0.25, 0.3) is 0 Å². The molecule has 0 fully saturated rings. The molecule has 1 atom stereocenters. The van der Waals surface area contributed by atoms with Crippen molar-refractivity contribution in [2.24, 2.45) is 0 Å². The fraction of sp³-hybridized carbons (Fsp3) is 0.312. The van der Waals surface area contributed by atoms with Crippen molar-refractivity contribution in [3.8, 4) is 0 Å². The molecular weight excluding hydrogens is 236 g/mol. The van der Waals surface area contributed by atoms with E-state index in [0.717, 1.165) is 5.70 Å². The predicted molar refractivity (Wildman–Crippen MR) is 77.8 cm³/mol. The van der Waals surface area contributed by atoms with Gasteiger partial charge in [-0.3, -0.25) is 4.79 Å². The smallest absolute Gasteiger partial charge is 0.253 e. The minimum absolute atomic E-state index is 0.0628. The number of hydrogen-bond acceptors (Lipinski definition) is 2. The summed E-state index contributed by atoms with van der Waals surface area (Å²) in [5, 5.41) is 6.13. The first-order valence-electron chi connectivity index (χ1n) is 6.58. The van der Waals surface area contributed by atoms with E-state index in [1.165, 1.54) is 5.56 Å². The molecule has 1 amide bonds. The Hall–Kier alpha value is -2.03. The van der Waals surface area contributed by atoms with Gasteiger partial charge in [-0.05, 0) is 42.7 Å². The molecule has 3 nitrogen and oxygen atoms in total. The van der Waals surface area contributed by atoms with Gasteiger partial charge in [-0.15, -0.1) is 0 Å². The maximum Gasteiger partial charge on any atom is 0.253 e. The van der Waals surface area contributed by atoms with E-state index in [1.54, 1.807) is 0 Å². The number of dihydropyridines is 1. The average molecular weight is 256 g/mol. The van der Waals surface area contributed by atoms with Crippen molar-refractivity contribution < 1.29 is 4.79 Å². The molecule has 1 aromatic carbocycles. The third kappa shape index (κ3) is 3.47. The summed E-state index contributed by atoms with van der Waals surface area (Å²) < 4.78 is 0. The Kier molecular flexibility index (Phi) is 4.05. The lowest BCUT2D eigenvalue weighted by molar-refractivity contribution is 0.0940. The number of carbonyl (C=O) groups excluding carboxylic acids is 1. The molecular formula is C16H20N2O. The second-order valence-electron chi connectivity index (χ2n) is 5.11. The molecule has 0 aliphatic carbocycles. The summed E-state index contributed by atoms with van der Waals surface area (Å²) >= 11 is 0. The molecule has 3 heteroatoms. The average Bonchev–Trinajstić information content (AvgIpc) is 2.39. The lowest BCUT2D eigenvalue weighted by atomic mass is 10.0. The largest absolute Gasteiger partial charge is 0.366 e. The summed E-state index contributed by atoms with van der Waals surface area (Å²) in [5.41, 5.74) is 2.97. The van der Waals surface area contributed by atoms with Gasteiger partial charge in [0, 0.05) is 11.3 Å². The summed E-state index contributed by atoms with van der Waals surface area (Å²) in [5.74, 6) is 0.417. The van der Waals surface area contributed by atoms with E-state index in [1.807, 2.05) is 49.4 Å². The van der Waals surface area contributed by atoms with E-state index in [0.29, 0.717) is 11.5 Å². The van der Waals surface area contributed by atoms with Gasteiger partial charge in [0.25, 0.3) is 5.91 Å². The molecule has 0 aromatic heterocycles. The molecule has 0 saturated carbocycles. The van der Waals surface area contributed by atoms with Crippen molar-refractivity contribution in [3.05, 3.63) is 59.3 Å². The Balaban J connectivity index is 2.00. The van der Waals surface area contributed by atoms with Crippen LogP contribution in [0.15, 0.2) is 48.2 Å². The zero-order valence-corrected chi connectivity index (χ0v) is 11.6. The number of hydrogen-bond donors (Lipinski definition) is 2. The number of allylic oxidation sites excluding steroid dienone is 3. The molecule has 2 N–H and O–H groups in total. The van der Waals surface area contributed by atoms with E-state index >= 15 is 0 Å². The van der Waals surface area contributed by atoms with Crippen LogP contribution in [-0.4, -0.2) is 12.1 Å². The van der Waals surface area contributed by atoms with Gasteiger partial charge in [-0.25, -0.2) is 0 Å². The number of nitrogens with one attached hydrogen (secondary N) is 2. The highest BCUT2D eigenvalue weighted by Gasteiger charge is 2.12. The molecule has 0 spiro atoms. The van der Waals surface area contributed by atoms with Crippen molar-refractivity contribution in [3.63, 3.8) is 0 Å². The Labute approximate surface area is 114 Å². The maximum absolute atomic E-state index is 12.1. The van der Waals surface area contributed by atoms with Gasteiger partial charge >= 0.3 is 0 Å². The van der Waals surface area contributed by atoms with Crippen LogP contribution in [0.1, 0.15) is 42.6 Å². The van der Waals surface area contributed by atoms with Crippen LogP contribution in [0.3, 0.4) is 0 Å². The highest BCUT2D eigenvalue weighted by molar-refractivity contribution is 5.94. The van der Waals surface area contributed by atoms with Gasteiger partial charge in [0.2, 0.25) is 0 Å². The van der Waals surface area contributed by atoms with Crippen LogP contribution in [-0.2, 0) is 0 Å². The molecule has 1 aromatic rings. The van der Waals surface area contributed by atoms with Gasteiger partial charge in [0.15, 0.2) is 0 Å². The second kappa shape index (κ2) is 5.74. The Morgan fingerprint density at radius 3 is 2.53 bits per heavy atom. The van der Waals surface area contributed by atoms with Crippen molar-refractivity contribution in [1.29, 1.82) is 0 Å². The molecule has 1 aliphatic heterocycles. The molecule has 1 heterocycles. The zero-order valence-electron chi connectivity index (χ0n) is 11.6. The Bertz CT molecular complexity index is 512. The quantitative estimate of drug-likeness (QED) is 0.873. The van der Waals surface area contributed by atoms with Crippen LogP contribution in [0, 0.1) is 0 Å². The first kappa shape index (κ1) is 13.4.